The molecule has 4 heteroatoms. The van der Waals surface area contributed by atoms with Crippen molar-refractivity contribution in [3.8, 4) is 11.3 Å². The van der Waals surface area contributed by atoms with Gasteiger partial charge in [-0.05, 0) is 17.5 Å². The third-order valence-corrected chi connectivity index (χ3v) is 2.81. The summed E-state index contributed by atoms with van der Waals surface area (Å²) < 4.78 is 0. The van der Waals surface area contributed by atoms with Crippen LogP contribution in [0.2, 0.25) is 0 Å². The van der Waals surface area contributed by atoms with Crippen molar-refractivity contribution in [2.75, 3.05) is 0 Å². The first kappa shape index (κ1) is 14.6. The second kappa shape index (κ2) is 6.47. The molecule has 0 saturated carbocycles. The van der Waals surface area contributed by atoms with E-state index in [1.165, 1.54) is 5.56 Å². The van der Waals surface area contributed by atoms with Crippen molar-refractivity contribution in [2.24, 2.45) is 5.73 Å². The number of hydrogen-bond donors (Lipinski definition) is 1. The lowest BCUT2D eigenvalue weighted by atomic mass is 10.0. The van der Waals surface area contributed by atoms with Crippen LogP contribution >= 0.6 is 12.4 Å². The fraction of sp³-hybridized carbons (Fsp3) is 0.286. The summed E-state index contributed by atoms with van der Waals surface area (Å²) in [5, 5.41) is 0. The minimum Gasteiger partial charge on any atom is -0.325 e. The van der Waals surface area contributed by atoms with Gasteiger partial charge in [-0.2, -0.15) is 0 Å². The smallest absolute Gasteiger partial charge is 0.116 e. The maximum atomic E-state index is 5.57. The molecule has 0 aliphatic rings. The summed E-state index contributed by atoms with van der Waals surface area (Å²) in [4.78, 5) is 8.36. The Morgan fingerprint density at radius 3 is 2.33 bits per heavy atom. The maximum Gasteiger partial charge on any atom is 0.116 e. The molecule has 0 bridgehead atoms. The normalized spacial score (nSPS) is 10.2. The lowest BCUT2D eigenvalue weighted by Gasteiger charge is -2.07. The van der Waals surface area contributed by atoms with Crippen LogP contribution in [0.4, 0.5) is 0 Å². The summed E-state index contributed by atoms with van der Waals surface area (Å²) in [6.07, 6.45) is 1.56. The Hall–Kier alpha value is -1.45. The summed E-state index contributed by atoms with van der Waals surface area (Å²) in [6, 6.07) is 10.4. The molecule has 0 atom stereocenters. The minimum atomic E-state index is 0. The third-order valence-electron chi connectivity index (χ3n) is 2.81. The molecule has 1 heterocycles. The van der Waals surface area contributed by atoms with E-state index in [1.54, 1.807) is 6.33 Å². The Morgan fingerprint density at radius 2 is 1.78 bits per heavy atom. The summed E-state index contributed by atoms with van der Waals surface area (Å²) >= 11 is 0. The molecule has 0 radical (unpaired) electrons. The second-order valence-electron chi connectivity index (χ2n) is 4.38. The van der Waals surface area contributed by atoms with Crippen molar-refractivity contribution in [2.45, 2.75) is 26.3 Å². The van der Waals surface area contributed by atoms with Gasteiger partial charge in [0.15, 0.2) is 0 Å². The quantitative estimate of drug-likeness (QED) is 0.926. The number of nitrogens with zero attached hydrogens (tertiary/aromatic N) is 2. The molecular weight excluding hydrogens is 246 g/mol. The Balaban J connectivity index is 0.00000162. The van der Waals surface area contributed by atoms with Crippen LogP contribution in [-0.2, 0) is 6.54 Å². The number of benzene rings is 1. The first-order chi connectivity index (χ1) is 8.20. The van der Waals surface area contributed by atoms with Crippen molar-refractivity contribution >= 4 is 12.4 Å². The van der Waals surface area contributed by atoms with E-state index in [0.29, 0.717) is 12.5 Å². The zero-order valence-electron chi connectivity index (χ0n) is 10.6. The van der Waals surface area contributed by atoms with Crippen LogP contribution in [0.1, 0.15) is 31.0 Å². The molecule has 0 fully saturated rings. The third kappa shape index (κ3) is 3.28. The Bertz CT molecular complexity index is 495. The van der Waals surface area contributed by atoms with Gasteiger partial charge in [0.25, 0.3) is 0 Å². The first-order valence-electron chi connectivity index (χ1n) is 5.82. The van der Waals surface area contributed by atoms with E-state index < -0.39 is 0 Å². The van der Waals surface area contributed by atoms with Gasteiger partial charge >= 0.3 is 0 Å². The molecule has 1 aromatic carbocycles. The second-order valence-corrected chi connectivity index (χ2v) is 4.38. The monoisotopic (exact) mass is 263 g/mol. The SMILES string of the molecule is CC(C)c1ccc(-c2cc(CN)ncn2)cc1.Cl. The average molecular weight is 264 g/mol. The van der Waals surface area contributed by atoms with Crippen LogP contribution in [0, 0.1) is 0 Å². The molecule has 0 saturated heterocycles. The van der Waals surface area contributed by atoms with E-state index in [9.17, 15) is 0 Å². The number of aromatic nitrogens is 2. The van der Waals surface area contributed by atoms with Gasteiger partial charge in [0.2, 0.25) is 0 Å². The van der Waals surface area contributed by atoms with E-state index in [2.05, 4.69) is 48.1 Å². The fourth-order valence-electron chi connectivity index (χ4n) is 1.71. The van der Waals surface area contributed by atoms with E-state index in [-0.39, 0.29) is 12.4 Å². The Kier molecular flexibility index (Phi) is 5.25. The molecule has 3 nitrogen and oxygen atoms in total. The maximum absolute atomic E-state index is 5.57. The van der Waals surface area contributed by atoms with E-state index in [0.717, 1.165) is 17.0 Å². The Labute approximate surface area is 114 Å². The van der Waals surface area contributed by atoms with Gasteiger partial charge in [-0.15, -0.1) is 12.4 Å². The van der Waals surface area contributed by atoms with Crippen molar-refractivity contribution < 1.29 is 0 Å². The largest absolute Gasteiger partial charge is 0.325 e. The van der Waals surface area contributed by atoms with Crippen LogP contribution in [0.15, 0.2) is 36.7 Å². The zero-order valence-corrected chi connectivity index (χ0v) is 11.4. The molecule has 1 aromatic heterocycles. The van der Waals surface area contributed by atoms with Gasteiger partial charge in [-0.1, -0.05) is 38.1 Å². The van der Waals surface area contributed by atoms with Crippen LogP contribution < -0.4 is 5.73 Å². The molecular formula is C14H18ClN3. The van der Waals surface area contributed by atoms with Crippen LogP contribution in [0.5, 0.6) is 0 Å². The van der Waals surface area contributed by atoms with Crippen LogP contribution in [0.25, 0.3) is 11.3 Å². The van der Waals surface area contributed by atoms with E-state index >= 15 is 0 Å². The molecule has 0 spiro atoms. The molecule has 2 rings (SSSR count). The molecule has 0 aliphatic heterocycles. The van der Waals surface area contributed by atoms with Gasteiger partial charge in [0.1, 0.15) is 6.33 Å². The standard InChI is InChI=1S/C14H17N3.ClH/c1-10(2)11-3-5-12(6-4-11)14-7-13(8-15)16-9-17-14;/h3-7,9-10H,8,15H2,1-2H3;1H. The van der Waals surface area contributed by atoms with Crippen molar-refractivity contribution in [1.29, 1.82) is 0 Å². The Morgan fingerprint density at radius 1 is 1.11 bits per heavy atom. The number of rotatable bonds is 3. The van der Waals surface area contributed by atoms with E-state index in [1.807, 2.05) is 6.07 Å². The number of halogens is 1. The van der Waals surface area contributed by atoms with Crippen molar-refractivity contribution in [3.63, 3.8) is 0 Å². The highest BCUT2D eigenvalue weighted by molar-refractivity contribution is 5.85. The predicted octanol–water partition coefficient (Wildman–Crippen LogP) is 3.15. The molecule has 2 aromatic rings. The highest BCUT2D eigenvalue weighted by atomic mass is 35.5. The minimum absolute atomic E-state index is 0. The lowest BCUT2D eigenvalue weighted by Crippen LogP contribution is -2.00. The summed E-state index contributed by atoms with van der Waals surface area (Å²) in [5.41, 5.74) is 9.80. The summed E-state index contributed by atoms with van der Waals surface area (Å²) in [7, 11) is 0. The lowest BCUT2D eigenvalue weighted by molar-refractivity contribution is 0.867. The first-order valence-corrected chi connectivity index (χ1v) is 5.82. The van der Waals surface area contributed by atoms with Crippen LogP contribution in [-0.4, -0.2) is 9.97 Å². The van der Waals surface area contributed by atoms with E-state index in [4.69, 9.17) is 5.73 Å². The molecule has 2 N–H and O–H groups in total. The highest BCUT2D eigenvalue weighted by Crippen LogP contribution is 2.21. The molecule has 0 unspecified atom stereocenters. The predicted molar refractivity (Wildman–Crippen MR) is 76.7 cm³/mol. The van der Waals surface area contributed by atoms with Gasteiger partial charge in [0, 0.05) is 12.1 Å². The molecule has 18 heavy (non-hydrogen) atoms. The summed E-state index contributed by atoms with van der Waals surface area (Å²) in [6.45, 7) is 4.82. The van der Waals surface area contributed by atoms with Crippen LogP contribution in [0.3, 0.4) is 0 Å². The zero-order chi connectivity index (χ0) is 12.3. The van der Waals surface area contributed by atoms with Gasteiger partial charge in [0.05, 0.1) is 11.4 Å². The molecule has 0 amide bonds. The molecule has 0 aliphatic carbocycles. The highest BCUT2D eigenvalue weighted by Gasteiger charge is 2.03. The van der Waals surface area contributed by atoms with Gasteiger partial charge in [-0.25, -0.2) is 9.97 Å². The average Bonchev–Trinajstić information content (AvgIpc) is 2.39. The van der Waals surface area contributed by atoms with Gasteiger partial charge in [-0.3, -0.25) is 0 Å². The fourth-order valence-corrected chi connectivity index (χ4v) is 1.71. The topological polar surface area (TPSA) is 51.8 Å². The summed E-state index contributed by atoms with van der Waals surface area (Å²) in [5.74, 6) is 0.550. The van der Waals surface area contributed by atoms with Crippen molar-refractivity contribution in [1.82, 2.24) is 9.97 Å². The van der Waals surface area contributed by atoms with Gasteiger partial charge < -0.3 is 5.73 Å². The number of nitrogens with two attached hydrogens (primary N) is 1. The number of hydrogen-bond acceptors (Lipinski definition) is 3. The molecule has 96 valence electrons. The van der Waals surface area contributed by atoms with Crippen molar-refractivity contribution in [3.05, 3.63) is 47.9 Å².